The van der Waals surface area contributed by atoms with Gasteiger partial charge >= 0.3 is 0 Å². The van der Waals surface area contributed by atoms with Gasteiger partial charge in [0.05, 0.1) is 42.5 Å². The van der Waals surface area contributed by atoms with Gasteiger partial charge in [-0.2, -0.15) is 0 Å². The van der Waals surface area contributed by atoms with Crippen LogP contribution in [0.3, 0.4) is 0 Å². The molecule has 248 valence electrons. The minimum absolute atomic E-state index is 0.111. The average molecular weight is 639 g/mol. The smallest absolute Gasteiger partial charge is 0.190 e. The maximum absolute atomic E-state index is 14.3. The highest BCUT2D eigenvalue weighted by atomic mass is 16.5. The van der Waals surface area contributed by atoms with E-state index in [-0.39, 0.29) is 22.3 Å². The van der Waals surface area contributed by atoms with Crippen molar-refractivity contribution in [3.8, 4) is 11.5 Å². The van der Waals surface area contributed by atoms with Gasteiger partial charge in [-0.05, 0) is 65.6 Å². The first-order valence-corrected chi connectivity index (χ1v) is 17.1. The van der Waals surface area contributed by atoms with Gasteiger partial charge in [0.2, 0.25) is 0 Å². The van der Waals surface area contributed by atoms with E-state index >= 15 is 0 Å². The van der Waals surface area contributed by atoms with Gasteiger partial charge in [-0.3, -0.25) is 9.59 Å². The number of anilines is 2. The summed E-state index contributed by atoms with van der Waals surface area (Å²) in [6, 6.07) is 2.84. The van der Waals surface area contributed by atoms with E-state index in [4.69, 9.17) is 4.74 Å². The lowest BCUT2D eigenvalue weighted by Gasteiger charge is -2.26. The zero-order valence-electron chi connectivity index (χ0n) is 28.0. The maximum Gasteiger partial charge on any atom is 0.190 e. The minimum atomic E-state index is -0.424. The van der Waals surface area contributed by atoms with Gasteiger partial charge in [0, 0.05) is 40.4 Å². The largest absolute Gasteiger partial charge is 0.504 e. The Morgan fingerprint density at radius 1 is 0.702 bits per heavy atom. The van der Waals surface area contributed by atoms with Gasteiger partial charge in [0.25, 0.3) is 0 Å². The van der Waals surface area contributed by atoms with Crippen molar-refractivity contribution in [1.82, 2.24) is 0 Å². The summed E-state index contributed by atoms with van der Waals surface area (Å²) >= 11 is 0. The molecule has 0 amide bonds. The third-order valence-electron chi connectivity index (χ3n) is 9.87. The molecule has 0 spiro atoms. The fourth-order valence-electron chi connectivity index (χ4n) is 7.80. The van der Waals surface area contributed by atoms with E-state index in [1.54, 1.807) is 0 Å². The van der Waals surface area contributed by atoms with Crippen LogP contribution >= 0.6 is 0 Å². The average Bonchev–Trinajstić information content (AvgIpc) is 3.21. The molecule has 0 unspecified atom stereocenters. The molecule has 8 heteroatoms. The highest BCUT2D eigenvalue weighted by Gasteiger charge is 2.32. The second-order valence-electron chi connectivity index (χ2n) is 13.1. The van der Waals surface area contributed by atoms with Crippen molar-refractivity contribution in [3.05, 3.63) is 60.4 Å². The van der Waals surface area contributed by atoms with Crippen LogP contribution in [0.15, 0.2) is 27.3 Å². The van der Waals surface area contributed by atoms with Crippen molar-refractivity contribution < 1.29 is 20.1 Å². The Labute approximate surface area is 274 Å². The Morgan fingerprint density at radius 2 is 1.26 bits per heavy atom. The van der Waals surface area contributed by atoms with E-state index in [1.165, 1.54) is 19.2 Å². The number of hydrogen-bond acceptors (Lipinski definition) is 8. The van der Waals surface area contributed by atoms with Crippen LogP contribution in [0.2, 0.25) is 0 Å². The molecule has 1 aliphatic carbocycles. The molecule has 0 saturated carbocycles. The summed E-state index contributed by atoms with van der Waals surface area (Å²) in [7, 11) is 1.49. The lowest BCUT2D eigenvalue weighted by atomic mass is 9.81. The Bertz CT molecular complexity index is 2120. The fourth-order valence-corrected chi connectivity index (χ4v) is 7.80. The highest BCUT2D eigenvalue weighted by molar-refractivity contribution is 6.39. The number of phenolic OH excluding ortho intramolecular Hbond substituents is 1. The maximum atomic E-state index is 14.3. The monoisotopic (exact) mass is 638 g/mol. The lowest BCUT2D eigenvalue weighted by Crippen LogP contribution is -2.15. The van der Waals surface area contributed by atoms with E-state index in [9.17, 15) is 24.9 Å². The van der Waals surface area contributed by atoms with Crippen molar-refractivity contribution in [2.24, 2.45) is 0 Å². The molecule has 5 aromatic carbocycles. The molecular weight excluding hydrogens is 592 g/mol. The second kappa shape index (κ2) is 13.5. The number of ether oxygens (including phenoxy) is 1. The van der Waals surface area contributed by atoms with Gasteiger partial charge in [-0.1, -0.05) is 64.0 Å². The fraction of sp³-hybridized carbons (Fsp3) is 0.436. The molecule has 0 bridgehead atoms. The normalized spacial score (nSPS) is 12.9. The molecule has 0 saturated heterocycles. The predicted molar refractivity (Wildman–Crippen MR) is 194 cm³/mol. The molecule has 1 aliphatic rings. The number of phenols is 1. The summed E-state index contributed by atoms with van der Waals surface area (Å²) in [6.07, 6.45) is 11.2. The molecule has 6 rings (SSSR count). The van der Waals surface area contributed by atoms with Crippen molar-refractivity contribution >= 4 is 60.5 Å². The van der Waals surface area contributed by atoms with Crippen LogP contribution in [0.1, 0.15) is 94.4 Å². The molecule has 5 aromatic rings. The van der Waals surface area contributed by atoms with E-state index in [2.05, 4.69) is 30.6 Å². The lowest BCUT2D eigenvalue weighted by molar-refractivity contribution is 0.282. The number of methoxy groups -OCH3 is 1. The number of benzene rings is 5. The molecule has 47 heavy (non-hydrogen) atoms. The number of aliphatic hydroxyl groups is 2. The quantitative estimate of drug-likeness (QED) is 0.0452. The third-order valence-corrected chi connectivity index (χ3v) is 9.87. The van der Waals surface area contributed by atoms with Crippen LogP contribution in [0, 0.1) is 0 Å². The number of allylic oxidation sites excluding steroid dienone is 1. The summed E-state index contributed by atoms with van der Waals surface area (Å²) in [6.45, 7) is 7.00. The number of aromatic hydroxyl groups is 1. The van der Waals surface area contributed by atoms with Gasteiger partial charge in [-0.25, -0.2) is 0 Å². The predicted octanol–water partition coefficient (Wildman–Crippen LogP) is 7.54. The molecule has 0 heterocycles. The number of aliphatic hydroxyl groups excluding tert-OH is 2. The number of unbranched alkanes of at least 4 members (excludes halogenated alkanes) is 6. The van der Waals surface area contributed by atoms with Crippen molar-refractivity contribution in [2.75, 3.05) is 30.8 Å². The number of fused-ring (bicyclic) bond motifs is 1. The van der Waals surface area contributed by atoms with E-state index < -0.39 is 18.6 Å². The van der Waals surface area contributed by atoms with Gasteiger partial charge in [0.15, 0.2) is 22.4 Å². The molecule has 0 fully saturated rings. The van der Waals surface area contributed by atoms with Crippen LogP contribution in [-0.2, 0) is 19.6 Å². The van der Waals surface area contributed by atoms with Crippen molar-refractivity contribution in [1.29, 1.82) is 0 Å². The van der Waals surface area contributed by atoms with Gasteiger partial charge < -0.3 is 30.7 Å². The van der Waals surface area contributed by atoms with Gasteiger partial charge in [0.1, 0.15) is 0 Å². The van der Waals surface area contributed by atoms with E-state index in [0.717, 1.165) is 96.8 Å². The summed E-state index contributed by atoms with van der Waals surface area (Å²) in [4.78, 5) is 28.0. The molecule has 0 radical (unpaired) electrons. The van der Waals surface area contributed by atoms with Crippen LogP contribution in [0.25, 0.3) is 49.2 Å². The molecule has 5 N–H and O–H groups in total. The minimum Gasteiger partial charge on any atom is -0.504 e. The Hall–Kier alpha value is -4.14. The summed E-state index contributed by atoms with van der Waals surface area (Å²) in [5, 5.41) is 44.9. The van der Waals surface area contributed by atoms with Crippen LogP contribution in [-0.4, -0.2) is 35.5 Å². The first kappa shape index (κ1) is 32.8. The standard InChI is InChI=1S/C39H46N2O6/c1-5-7-9-11-13-40-36-24-15-21(3)16-25-31-30(24)34-28(22(19-42)17-26(44)32(34)37(36)41-14-12-10-8-6-2)29-23(20-43)18-27(45)33(35(29)31)38(46)39(25)47-4/h15,17-18,40-43,46H,5-14,16,19-20H2,1-4H3. The first-order valence-electron chi connectivity index (χ1n) is 17.1. The first-order chi connectivity index (χ1) is 22.8. The highest BCUT2D eigenvalue weighted by Crippen LogP contribution is 2.54. The van der Waals surface area contributed by atoms with E-state index in [1.807, 2.05) is 6.92 Å². The molecular formula is C39H46N2O6. The Balaban J connectivity index is 1.86. The molecule has 0 atom stereocenters. The van der Waals surface area contributed by atoms with Gasteiger partial charge in [-0.15, -0.1) is 0 Å². The summed E-state index contributed by atoms with van der Waals surface area (Å²) in [5.41, 5.74) is 4.41. The van der Waals surface area contributed by atoms with E-state index in [0.29, 0.717) is 51.0 Å². The number of nitrogens with one attached hydrogen (secondary N) is 2. The Morgan fingerprint density at radius 3 is 1.81 bits per heavy atom. The zero-order chi connectivity index (χ0) is 33.4. The molecule has 0 aliphatic heterocycles. The van der Waals surface area contributed by atoms with Crippen molar-refractivity contribution in [2.45, 2.75) is 91.8 Å². The SMILES string of the molecule is CCCCCCNc1c(NCCCCCC)c2c(=O)cc(CO)c3c4c(CO)cc(=O)c5c(O)c(OC)c6c(c(c1C=C(C)C6)c23)c54. The van der Waals surface area contributed by atoms with Crippen LogP contribution in [0.5, 0.6) is 11.5 Å². The Kier molecular flexibility index (Phi) is 9.44. The van der Waals surface area contributed by atoms with Crippen LogP contribution in [0.4, 0.5) is 11.4 Å². The summed E-state index contributed by atoms with van der Waals surface area (Å²) < 4.78 is 5.83. The zero-order valence-corrected chi connectivity index (χ0v) is 28.0. The summed E-state index contributed by atoms with van der Waals surface area (Å²) in [5.74, 6) is -0.00377. The number of hydrogen-bond donors (Lipinski definition) is 5. The third kappa shape index (κ3) is 5.32. The van der Waals surface area contributed by atoms with Crippen LogP contribution < -0.4 is 26.2 Å². The number of rotatable bonds is 15. The van der Waals surface area contributed by atoms with Crippen molar-refractivity contribution in [3.63, 3.8) is 0 Å². The topological polar surface area (TPSA) is 128 Å². The molecule has 8 nitrogen and oxygen atoms in total. The molecule has 0 aromatic heterocycles. The second-order valence-corrected chi connectivity index (χ2v) is 13.1.